The lowest BCUT2D eigenvalue weighted by atomic mass is 10.1. The predicted molar refractivity (Wildman–Crippen MR) is 97.7 cm³/mol. The molecule has 23 heavy (non-hydrogen) atoms. The lowest BCUT2D eigenvalue weighted by Gasteiger charge is -2.32. The van der Waals surface area contributed by atoms with Gasteiger partial charge in [-0.3, -0.25) is 4.79 Å². The third kappa shape index (κ3) is 2.91. The van der Waals surface area contributed by atoms with Gasteiger partial charge in [0.15, 0.2) is 0 Å². The number of amides is 1. The summed E-state index contributed by atoms with van der Waals surface area (Å²) in [6.07, 6.45) is 0. The first-order valence-electron chi connectivity index (χ1n) is 7.65. The van der Waals surface area contributed by atoms with Gasteiger partial charge in [-0.2, -0.15) is 0 Å². The summed E-state index contributed by atoms with van der Waals surface area (Å²) in [6, 6.07) is 8.11. The molecule has 0 radical (unpaired) electrons. The topological polar surface area (TPSA) is 23.6 Å². The zero-order chi connectivity index (χ0) is 16.0. The fourth-order valence-corrected chi connectivity index (χ4v) is 5.65. The maximum atomic E-state index is 12.8. The van der Waals surface area contributed by atoms with E-state index in [-0.39, 0.29) is 5.91 Å². The first-order chi connectivity index (χ1) is 11.1. The van der Waals surface area contributed by atoms with Gasteiger partial charge in [0.1, 0.15) is 0 Å². The van der Waals surface area contributed by atoms with E-state index in [0.29, 0.717) is 0 Å². The molecule has 0 N–H and O–H groups in total. The molecule has 2 aliphatic heterocycles. The fraction of sp³-hybridized carbons (Fsp3) is 0.353. The molecule has 1 aromatic carbocycles. The van der Waals surface area contributed by atoms with Crippen LogP contribution in [-0.2, 0) is 5.75 Å². The Labute approximate surface area is 149 Å². The Balaban J connectivity index is 1.64. The van der Waals surface area contributed by atoms with Crippen molar-refractivity contribution < 1.29 is 4.79 Å². The van der Waals surface area contributed by atoms with Crippen LogP contribution in [0.3, 0.4) is 0 Å². The maximum Gasteiger partial charge on any atom is 0.264 e. The number of thiophene rings is 1. The van der Waals surface area contributed by atoms with E-state index in [1.165, 1.54) is 20.9 Å². The summed E-state index contributed by atoms with van der Waals surface area (Å²) in [5.41, 5.74) is 2.48. The van der Waals surface area contributed by atoms with Crippen molar-refractivity contribution in [3.05, 3.63) is 39.7 Å². The number of halogens is 1. The minimum Gasteiger partial charge on any atom is -0.335 e. The minimum atomic E-state index is 0.179. The van der Waals surface area contributed by atoms with Gasteiger partial charge in [0, 0.05) is 52.3 Å². The van der Waals surface area contributed by atoms with Gasteiger partial charge in [-0.15, -0.1) is 23.1 Å². The van der Waals surface area contributed by atoms with Gasteiger partial charge >= 0.3 is 0 Å². The van der Waals surface area contributed by atoms with Crippen LogP contribution in [0, 0.1) is 0 Å². The third-order valence-corrected chi connectivity index (χ3v) is 6.92. The number of thioether (sulfide) groups is 1. The van der Waals surface area contributed by atoms with Crippen LogP contribution < -0.4 is 0 Å². The molecule has 0 unspecified atom stereocenters. The first-order valence-corrected chi connectivity index (χ1v) is 9.83. The van der Waals surface area contributed by atoms with E-state index in [4.69, 9.17) is 11.6 Å². The van der Waals surface area contributed by atoms with E-state index >= 15 is 0 Å². The summed E-state index contributed by atoms with van der Waals surface area (Å²) in [4.78, 5) is 20.3. The van der Waals surface area contributed by atoms with E-state index in [9.17, 15) is 4.79 Å². The van der Waals surface area contributed by atoms with E-state index in [1.807, 2.05) is 17.0 Å². The molecule has 2 aliphatic rings. The highest BCUT2D eigenvalue weighted by molar-refractivity contribution is 7.98. The Morgan fingerprint density at radius 2 is 1.96 bits per heavy atom. The number of hydrogen-bond donors (Lipinski definition) is 0. The number of benzene rings is 1. The Bertz CT molecular complexity index is 766. The highest BCUT2D eigenvalue weighted by atomic mass is 35.5. The molecule has 0 aliphatic carbocycles. The van der Waals surface area contributed by atoms with Crippen LogP contribution in [0.25, 0.3) is 10.4 Å². The second-order valence-electron chi connectivity index (χ2n) is 5.99. The molecule has 4 rings (SSSR count). The molecule has 3 nitrogen and oxygen atoms in total. The summed E-state index contributed by atoms with van der Waals surface area (Å²) < 4.78 is 0. The largest absolute Gasteiger partial charge is 0.335 e. The number of carbonyl (C=O) groups is 1. The first kappa shape index (κ1) is 15.5. The normalized spacial score (nSPS) is 17.7. The number of rotatable bonds is 1. The van der Waals surface area contributed by atoms with Gasteiger partial charge in [0.2, 0.25) is 0 Å². The smallest absolute Gasteiger partial charge is 0.264 e. The van der Waals surface area contributed by atoms with Crippen LogP contribution in [-0.4, -0.2) is 48.9 Å². The molecule has 1 aromatic heterocycles. The standard InChI is InChI=1S/C17H17ClN2OS2/c1-19-4-6-20(7-5-19)17(21)15-8-11-10-22-14-9-12(18)2-3-13(14)16(11)23-15/h2-3,8-9H,4-7,10H2,1H3. The van der Waals surface area contributed by atoms with E-state index in [0.717, 1.165) is 41.8 Å². The van der Waals surface area contributed by atoms with Crippen LogP contribution in [0.1, 0.15) is 15.2 Å². The number of carbonyl (C=O) groups excluding carboxylic acids is 1. The zero-order valence-electron chi connectivity index (χ0n) is 12.8. The molecule has 3 heterocycles. The van der Waals surface area contributed by atoms with Crippen molar-refractivity contribution in [3.8, 4) is 10.4 Å². The van der Waals surface area contributed by atoms with Crippen molar-refractivity contribution in [1.29, 1.82) is 0 Å². The number of nitrogens with zero attached hydrogens (tertiary/aromatic N) is 2. The molecule has 1 saturated heterocycles. The molecule has 6 heteroatoms. The monoisotopic (exact) mass is 364 g/mol. The SMILES string of the molecule is CN1CCN(C(=O)c2cc3c(s2)-c2ccc(Cl)cc2SC3)CC1. The third-order valence-electron chi connectivity index (χ3n) is 4.38. The Morgan fingerprint density at radius 3 is 2.74 bits per heavy atom. The molecule has 2 aromatic rings. The van der Waals surface area contributed by atoms with E-state index in [2.05, 4.69) is 24.1 Å². The maximum absolute atomic E-state index is 12.8. The molecular weight excluding hydrogens is 348 g/mol. The van der Waals surface area contributed by atoms with Crippen LogP contribution in [0.5, 0.6) is 0 Å². The number of hydrogen-bond acceptors (Lipinski definition) is 4. The second-order valence-corrected chi connectivity index (χ2v) is 8.50. The quantitative estimate of drug-likeness (QED) is 0.762. The highest BCUT2D eigenvalue weighted by Gasteiger charge is 2.26. The van der Waals surface area contributed by atoms with E-state index in [1.54, 1.807) is 23.1 Å². The number of piperazine rings is 1. The molecule has 120 valence electrons. The number of likely N-dealkylation sites (N-methyl/N-ethyl adjacent to an activating group) is 1. The van der Waals surface area contributed by atoms with Gasteiger partial charge in [-0.1, -0.05) is 17.7 Å². The molecule has 0 spiro atoms. The van der Waals surface area contributed by atoms with Gasteiger partial charge in [-0.25, -0.2) is 0 Å². The number of fused-ring (bicyclic) bond motifs is 3. The lowest BCUT2D eigenvalue weighted by molar-refractivity contribution is 0.0669. The van der Waals surface area contributed by atoms with Crippen LogP contribution in [0.4, 0.5) is 0 Å². The van der Waals surface area contributed by atoms with Gasteiger partial charge in [-0.05, 0) is 30.8 Å². The Hall–Kier alpha value is -1.01. The van der Waals surface area contributed by atoms with Crippen LogP contribution >= 0.6 is 34.7 Å². The molecule has 0 atom stereocenters. The summed E-state index contributed by atoms with van der Waals surface area (Å²) in [7, 11) is 2.10. The van der Waals surface area contributed by atoms with Crippen molar-refractivity contribution in [3.63, 3.8) is 0 Å². The lowest BCUT2D eigenvalue weighted by Crippen LogP contribution is -2.46. The predicted octanol–water partition coefficient (Wildman–Crippen LogP) is 4.06. The average molecular weight is 365 g/mol. The summed E-state index contributed by atoms with van der Waals surface area (Å²) in [6.45, 7) is 3.54. The molecule has 0 saturated carbocycles. The summed E-state index contributed by atoms with van der Waals surface area (Å²) >= 11 is 9.52. The van der Waals surface area contributed by atoms with Crippen molar-refractivity contribution >= 4 is 40.6 Å². The fourth-order valence-electron chi connectivity index (χ4n) is 2.99. The van der Waals surface area contributed by atoms with E-state index < -0.39 is 0 Å². The van der Waals surface area contributed by atoms with Crippen LogP contribution in [0.15, 0.2) is 29.2 Å². The van der Waals surface area contributed by atoms with Gasteiger partial charge in [0.05, 0.1) is 4.88 Å². The molecule has 1 amide bonds. The van der Waals surface area contributed by atoms with Crippen molar-refractivity contribution in [1.82, 2.24) is 9.80 Å². The summed E-state index contributed by atoms with van der Waals surface area (Å²) in [5.74, 6) is 1.09. The van der Waals surface area contributed by atoms with Crippen LogP contribution in [0.2, 0.25) is 5.02 Å². The summed E-state index contributed by atoms with van der Waals surface area (Å²) in [5, 5.41) is 0.769. The van der Waals surface area contributed by atoms with Crippen molar-refractivity contribution in [2.45, 2.75) is 10.6 Å². The highest BCUT2D eigenvalue weighted by Crippen LogP contribution is 2.46. The molecule has 1 fully saturated rings. The van der Waals surface area contributed by atoms with Crippen molar-refractivity contribution in [2.24, 2.45) is 0 Å². The second kappa shape index (κ2) is 6.13. The molecule has 0 bridgehead atoms. The average Bonchev–Trinajstić information content (AvgIpc) is 2.99. The van der Waals surface area contributed by atoms with Gasteiger partial charge in [0.25, 0.3) is 5.91 Å². The molecular formula is C17H17ClN2OS2. The minimum absolute atomic E-state index is 0.179. The zero-order valence-corrected chi connectivity index (χ0v) is 15.2. The Kier molecular flexibility index (Phi) is 4.13. The van der Waals surface area contributed by atoms with Gasteiger partial charge < -0.3 is 9.80 Å². The van der Waals surface area contributed by atoms with Crippen molar-refractivity contribution in [2.75, 3.05) is 33.2 Å². The Morgan fingerprint density at radius 1 is 1.17 bits per heavy atom.